The van der Waals surface area contributed by atoms with Crippen LogP contribution in [0.5, 0.6) is 11.5 Å². The largest absolute Gasteiger partial charge is 0.497 e. The van der Waals surface area contributed by atoms with E-state index >= 15 is 0 Å². The van der Waals surface area contributed by atoms with E-state index < -0.39 is 30.4 Å². The number of aliphatic hydroxyl groups is 1. The molecule has 2 N–H and O–H groups in total. The maximum atomic E-state index is 12.8. The third-order valence-electron chi connectivity index (χ3n) is 4.11. The first-order chi connectivity index (χ1) is 11.0. The zero-order valence-electron chi connectivity index (χ0n) is 13.2. The van der Waals surface area contributed by atoms with Gasteiger partial charge in [-0.2, -0.15) is 0 Å². The maximum absolute atomic E-state index is 12.8. The molecule has 0 aromatic heterocycles. The lowest BCUT2D eigenvalue weighted by Crippen LogP contribution is -2.43. The number of ether oxygens (including phenoxy) is 2. The lowest BCUT2D eigenvalue weighted by atomic mass is 9.96. The van der Waals surface area contributed by atoms with Crippen LogP contribution in [0.15, 0.2) is 18.2 Å². The number of amides is 1. The summed E-state index contributed by atoms with van der Waals surface area (Å²) in [6, 6.07) is 4.14. The van der Waals surface area contributed by atoms with E-state index in [2.05, 4.69) is 0 Å². The summed E-state index contributed by atoms with van der Waals surface area (Å²) in [4.78, 5) is 25.4. The summed E-state index contributed by atoms with van der Waals surface area (Å²) in [7, 11) is 2.97. The molecule has 7 nitrogen and oxygen atoms in total. The second-order valence-electron chi connectivity index (χ2n) is 5.37. The van der Waals surface area contributed by atoms with Crippen molar-refractivity contribution in [2.24, 2.45) is 0 Å². The number of rotatable bonds is 6. The molecule has 0 radical (unpaired) electrons. The summed E-state index contributed by atoms with van der Waals surface area (Å²) in [5.74, 6) is -1.35. The van der Waals surface area contributed by atoms with Gasteiger partial charge in [-0.25, -0.2) is 4.79 Å². The molecule has 2 rings (SSSR count). The predicted molar refractivity (Wildman–Crippen MR) is 81.7 cm³/mol. The Morgan fingerprint density at radius 1 is 1.35 bits per heavy atom. The minimum Gasteiger partial charge on any atom is -0.497 e. The third-order valence-corrected chi connectivity index (χ3v) is 4.11. The van der Waals surface area contributed by atoms with Crippen LogP contribution < -0.4 is 9.47 Å². The van der Waals surface area contributed by atoms with Gasteiger partial charge in [0, 0.05) is 12.1 Å². The smallest absolute Gasteiger partial charge is 0.326 e. The lowest BCUT2D eigenvalue weighted by molar-refractivity contribution is -0.149. The van der Waals surface area contributed by atoms with Crippen LogP contribution in [0.2, 0.25) is 0 Å². The summed E-state index contributed by atoms with van der Waals surface area (Å²) in [6.45, 7) is -0.0657. The molecule has 1 aromatic rings. The molecule has 1 aliphatic heterocycles. The quantitative estimate of drug-likeness (QED) is 0.806. The van der Waals surface area contributed by atoms with Crippen LogP contribution in [0.25, 0.3) is 0 Å². The van der Waals surface area contributed by atoms with Gasteiger partial charge in [-0.3, -0.25) is 4.79 Å². The van der Waals surface area contributed by atoms with Crippen molar-refractivity contribution in [2.75, 3.05) is 27.4 Å². The normalized spacial score (nSPS) is 18.6. The molecule has 0 spiro atoms. The number of carbonyl (C=O) groups excluding carboxylic acids is 1. The van der Waals surface area contributed by atoms with Crippen LogP contribution in [0, 0.1) is 0 Å². The minimum atomic E-state index is -1.02. The summed E-state index contributed by atoms with van der Waals surface area (Å²) in [5.41, 5.74) is 0.482. The fourth-order valence-electron chi connectivity index (χ4n) is 2.91. The lowest BCUT2D eigenvalue weighted by Gasteiger charge is -2.27. The van der Waals surface area contributed by atoms with E-state index in [-0.39, 0.29) is 0 Å². The Morgan fingerprint density at radius 2 is 2.09 bits per heavy atom. The van der Waals surface area contributed by atoms with Crippen LogP contribution in [0.3, 0.4) is 0 Å². The Hall–Kier alpha value is -2.28. The first-order valence-electron chi connectivity index (χ1n) is 7.39. The highest BCUT2D eigenvalue weighted by molar-refractivity contribution is 5.89. The summed E-state index contributed by atoms with van der Waals surface area (Å²) >= 11 is 0. The molecule has 1 aromatic carbocycles. The number of carbonyl (C=O) groups is 2. The monoisotopic (exact) mass is 323 g/mol. The standard InChI is InChI=1S/C16H21NO6/c1-22-10-5-6-14(23-2)11(8-10)12(9-18)15(19)17-7-3-4-13(17)16(20)21/h5-6,8,12-13,18H,3-4,7,9H2,1-2H3,(H,20,21)/t12-,13-/m0/s1. The molecule has 0 unspecified atom stereocenters. The van der Waals surface area contributed by atoms with Gasteiger partial charge in [-0.05, 0) is 31.0 Å². The number of likely N-dealkylation sites (tertiary alicyclic amines) is 1. The van der Waals surface area contributed by atoms with Crippen molar-refractivity contribution in [2.45, 2.75) is 24.8 Å². The number of hydrogen-bond donors (Lipinski definition) is 2. The first kappa shape index (κ1) is 17.1. The van der Waals surface area contributed by atoms with Crippen molar-refractivity contribution in [1.29, 1.82) is 0 Å². The average Bonchev–Trinajstić information content (AvgIpc) is 3.05. The van der Waals surface area contributed by atoms with E-state index in [0.29, 0.717) is 36.4 Å². The number of nitrogens with zero attached hydrogens (tertiary/aromatic N) is 1. The molecule has 23 heavy (non-hydrogen) atoms. The Morgan fingerprint density at radius 3 is 2.65 bits per heavy atom. The highest BCUT2D eigenvalue weighted by Gasteiger charge is 2.38. The van der Waals surface area contributed by atoms with Gasteiger partial charge < -0.3 is 24.6 Å². The Kier molecular flexibility index (Phi) is 5.44. The van der Waals surface area contributed by atoms with Crippen LogP contribution in [-0.4, -0.2) is 60.4 Å². The van der Waals surface area contributed by atoms with Gasteiger partial charge in [0.05, 0.1) is 26.7 Å². The Bertz CT molecular complexity index is 588. The van der Waals surface area contributed by atoms with Crippen LogP contribution in [0.1, 0.15) is 24.3 Å². The Balaban J connectivity index is 2.35. The highest BCUT2D eigenvalue weighted by Crippen LogP contribution is 2.33. The molecule has 0 saturated carbocycles. The third kappa shape index (κ3) is 3.39. The SMILES string of the molecule is COc1ccc(OC)c([C@H](CO)C(=O)N2CCC[C@H]2C(=O)O)c1. The van der Waals surface area contributed by atoms with E-state index in [4.69, 9.17) is 9.47 Å². The molecule has 7 heteroatoms. The molecule has 2 atom stereocenters. The molecule has 1 saturated heterocycles. The van der Waals surface area contributed by atoms with E-state index in [1.54, 1.807) is 18.2 Å². The number of aliphatic carboxylic acids is 1. The molecule has 126 valence electrons. The second kappa shape index (κ2) is 7.32. The molecular formula is C16H21NO6. The molecule has 0 bridgehead atoms. The van der Waals surface area contributed by atoms with E-state index in [0.717, 1.165) is 0 Å². The number of hydrogen-bond acceptors (Lipinski definition) is 5. The van der Waals surface area contributed by atoms with Crippen LogP contribution in [0.4, 0.5) is 0 Å². The van der Waals surface area contributed by atoms with E-state index in [1.807, 2.05) is 0 Å². The number of methoxy groups -OCH3 is 2. The van der Waals surface area contributed by atoms with Gasteiger partial charge in [-0.15, -0.1) is 0 Å². The number of carboxylic acids is 1. The zero-order valence-corrected chi connectivity index (χ0v) is 13.2. The van der Waals surface area contributed by atoms with Crippen LogP contribution >= 0.6 is 0 Å². The van der Waals surface area contributed by atoms with Crippen molar-refractivity contribution in [3.05, 3.63) is 23.8 Å². The number of carboxylic acid groups (broad SMARTS) is 1. The number of benzene rings is 1. The van der Waals surface area contributed by atoms with Gasteiger partial charge in [0.25, 0.3) is 0 Å². The summed E-state index contributed by atoms with van der Waals surface area (Å²) in [6.07, 6.45) is 1.06. The molecule has 0 aliphatic carbocycles. The fraction of sp³-hybridized carbons (Fsp3) is 0.500. The van der Waals surface area contributed by atoms with Crippen molar-refractivity contribution in [1.82, 2.24) is 4.90 Å². The summed E-state index contributed by atoms with van der Waals surface area (Å²) in [5, 5.41) is 19.0. The van der Waals surface area contributed by atoms with Crippen molar-refractivity contribution >= 4 is 11.9 Å². The molecular weight excluding hydrogens is 302 g/mol. The molecule has 1 aliphatic rings. The van der Waals surface area contributed by atoms with Crippen molar-refractivity contribution in [3.8, 4) is 11.5 Å². The maximum Gasteiger partial charge on any atom is 0.326 e. The topological polar surface area (TPSA) is 96.3 Å². The molecule has 1 fully saturated rings. The van der Waals surface area contributed by atoms with E-state index in [1.165, 1.54) is 19.1 Å². The molecule has 1 heterocycles. The summed E-state index contributed by atoms with van der Waals surface area (Å²) < 4.78 is 10.4. The minimum absolute atomic E-state index is 0.374. The fourth-order valence-corrected chi connectivity index (χ4v) is 2.91. The Labute approximate surface area is 134 Å². The van der Waals surface area contributed by atoms with Crippen LogP contribution in [-0.2, 0) is 9.59 Å². The van der Waals surface area contributed by atoms with Crippen molar-refractivity contribution < 1.29 is 29.3 Å². The average molecular weight is 323 g/mol. The zero-order chi connectivity index (χ0) is 17.0. The molecule has 1 amide bonds. The van der Waals surface area contributed by atoms with Gasteiger partial charge in [0.15, 0.2) is 0 Å². The highest BCUT2D eigenvalue weighted by atomic mass is 16.5. The van der Waals surface area contributed by atoms with E-state index in [9.17, 15) is 19.8 Å². The first-order valence-corrected chi connectivity index (χ1v) is 7.39. The van der Waals surface area contributed by atoms with Crippen molar-refractivity contribution in [3.63, 3.8) is 0 Å². The van der Waals surface area contributed by atoms with Gasteiger partial charge in [0.2, 0.25) is 5.91 Å². The van der Waals surface area contributed by atoms with Gasteiger partial charge in [0.1, 0.15) is 17.5 Å². The second-order valence-corrected chi connectivity index (χ2v) is 5.37. The van der Waals surface area contributed by atoms with Gasteiger partial charge >= 0.3 is 5.97 Å². The number of aliphatic hydroxyl groups excluding tert-OH is 1. The van der Waals surface area contributed by atoms with Gasteiger partial charge in [-0.1, -0.05) is 0 Å². The predicted octanol–water partition coefficient (Wildman–Crippen LogP) is 0.855.